The van der Waals surface area contributed by atoms with Crippen LogP contribution in [0.15, 0.2) is 30.3 Å². The Labute approximate surface area is 349 Å². The first kappa shape index (κ1) is 55.5. The minimum atomic E-state index is -7.30. The van der Waals surface area contributed by atoms with Crippen molar-refractivity contribution in [3.63, 3.8) is 0 Å². The zero-order valence-electron chi connectivity index (χ0n) is 33.9. The molecule has 1 aliphatic rings. The van der Waals surface area contributed by atoms with Gasteiger partial charge in [0.15, 0.2) is 5.79 Å². The summed E-state index contributed by atoms with van der Waals surface area (Å²) < 4.78 is 261. The molecule has 2 rings (SSSR count). The fourth-order valence-electron chi connectivity index (χ4n) is 5.66. The lowest BCUT2D eigenvalue weighted by Crippen LogP contribution is -2.61. The Morgan fingerprint density at radius 2 is 1.11 bits per heavy atom. The van der Waals surface area contributed by atoms with Crippen molar-refractivity contribution in [2.24, 2.45) is 5.41 Å². The Morgan fingerprint density at radius 1 is 0.651 bits per heavy atom. The summed E-state index contributed by atoms with van der Waals surface area (Å²) >= 11 is 0. The van der Waals surface area contributed by atoms with Crippen LogP contribution in [0.25, 0.3) is 6.08 Å². The fourth-order valence-corrected chi connectivity index (χ4v) is 5.66. The Bertz CT molecular complexity index is 1630. The van der Waals surface area contributed by atoms with Gasteiger partial charge in [0.05, 0.1) is 19.8 Å². The average Bonchev–Trinajstić information content (AvgIpc) is 3.15. The molecule has 1 fully saturated rings. The van der Waals surface area contributed by atoms with Gasteiger partial charge >= 0.3 is 53.9 Å². The van der Waals surface area contributed by atoms with Gasteiger partial charge in [-0.3, -0.25) is 4.79 Å². The van der Waals surface area contributed by atoms with Crippen LogP contribution in [-0.2, 0) is 23.8 Å². The fraction of sp³-hybridized carbons (Fsp3) is 0.737. The van der Waals surface area contributed by atoms with Crippen LogP contribution in [0.1, 0.15) is 91.0 Å². The average molecular weight is 954 g/mol. The zero-order valence-corrected chi connectivity index (χ0v) is 33.9. The number of ether oxygens (including phenoxy) is 4. The number of esters is 1. The maximum atomic E-state index is 14.1. The van der Waals surface area contributed by atoms with Crippen LogP contribution in [0.4, 0.5) is 79.0 Å². The van der Waals surface area contributed by atoms with Crippen LogP contribution in [0.5, 0.6) is 5.75 Å². The first-order valence-corrected chi connectivity index (χ1v) is 19.0. The molecule has 25 heteroatoms. The lowest BCUT2D eigenvalue weighted by atomic mass is 9.87. The van der Waals surface area contributed by atoms with Gasteiger partial charge in [0.1, 0.15) is 11.9 Å². The Kier molecular flexibility index (Phi) is 17.8. The maximum Gasteiger partial charge on any atom is 0.460 e. The third-order valence-electron chi connectivity index (χ3n) is 10.2. The lowest BCUT2D eigenvalue weighted by molar-refractivity contribution is -0.399. The first-order valence-electron chi connectivity index (χ1n) is 19.0. The van der Waals surface area contributed by atoms with Crippen LogP contribution < -0.4 is 10.1 Å². The molecule has 63 heavy (non-hydrogen) atoms. The molecule has 364 valence electrons. The summed E-state index contributed by atoms with van der Waals surface area (Å²) in [5.74, 6) is -44.8. The molecule has 0 saturated heterocycles. The number of halogens is 18. The van der Waals surface area contributed by atoms with E-state index in [0.717, 1.165) is 6.08 Å². The van der Waals surface area contributed by atoms with Crippen molar-refractivity contribution in [2.45, 2.75) is 151 Å². The number of hydrogen-bond donors (Lipinski definition) is 1. The predicted molar refractivity (Wildman–Crippen MR) is 186 cm³/mol. The zero-order chi connectivity index (χ0) is 48.7. The van der Waals surface area contributed by atoms with Crippen LogP contribution in [-0.4, -0.2) is 97.5 Å². The number of carbonyl (C=O) groups is 2. The highest BCUT2D eigenvalue weighted by Crippen LogP contribution is 2.55. The van der Waals surface area contributed by atoms with E-state index in [1.54, 1.807) is 0 Å². The molecule has 1 N–H and O–H groups in total. The van der Waals surface area contributed by atoms with Crippen molar-refractivity contribution in [1.82, 2.24) is 5.32 Å². The maximum absolute atomic E-state index is 14.1. The number of alkyl halides is 18. The van der Waals surface area contributed by atoms with E-state index >= 15 is 0 Å². The van der Waals surface area contributed by atoms with Gasteiger partial charge in [-0.05, 0) is 57.6 Å². The number of hydrogen-bond acceptors (Lipinski definition) is 6. The smallest absolute Gasteiger partial charge is 0.460 e. The summed E-state index contributed by atoms with van der Waals surface area (Å²) in [5, 5.41) is 2.99. The van der Waals surface area contributed by atoms with Gasteiger partial charge in [0.25, 0.3) is 0 Å². The molecule has 0 spiro atoms. The van der Waals surface area contributed by atoms with Crippen LogP contribution >= 0.6 is 0 Å². The summed E-state index contributed by atoms with van der Waals surface area (Å²) in [6.07, 6.45) is -16.5. The normalized spacial score (nSPS) is 18.1. The lowest BCUT2D eigenvalue weighted by Gasteiger charge is -2.36. The summed E-state index contributed by atoms with van der Waals surface area (Å²) in [5.41, 5.74) is -0.329. The van der Waals surface area contributed by atoms with Gasteiger partial charge in [0, 0.05) is 42.4 Å². The van der Waals surface area contributed by atoms with E-state index < -0.39 is 117 Å². The molecule has 0 atom stereocenters. The van der Waals surface area contributed by atoms with Gasteiger partial charge in [-0.2, -0.15) is 79.0 Å². The van der Waals surface area contributed by atoms with E-state index in [1.165, 1.54) is 30.3 Å². The van der Waals surface area contributed by atoms with Crippen molar-refractivity contribution in [3.05, 3.63) is 35.9 Å². The van der Waals surface area contributed by atoms with Gasteiger partial charge in [-0.1, -0.05) is 39.0 Å². The van der Waals surface area contributed by atoms with Gasteiger partial charge in [-0.25, -0.2) is 4.79 Å². The molecule has 0 aliphatic heterocycles. The summed E-state index contributed by atoms with van der Waals surface area (Å²) in [6, 6.07) is 5.63. The number of carbonyl (C=O) groups excluding carboxylic acids is 2. The summed E-state index contributed by atoms with van der Waals surface area (Å²) in [6.45, 7) is 1.71. The van der Waals surface area contributed by atoms with Crippen molar-refractivity contribution >= 4 is 18.0 Å². The molecule has 1 aromatic carbocycles. The van der Waals surface area contributed by atoms with Gasteiger partial charge < -0.3 is 24.3 Å². The van der Waals surface area contributed by atoms with E-state index in [2.05, 4.69) is 5.32 Å². The summed E-state index contributed by atoms with van der Waals surface area (Å²) in [7, 11) is 0. The third-order valence-corrected chi connectivity index (χ3v) is 10.2. The second-order valence-electron chi connectivity index (χ2n) is 15.5. The third kappa shape index (κ3) is 13.5. The predicted octanol–water partition coefficient (Wildman–Crippen LogP) is 11.7. The SMILES string of the molecule is CCC(C)(C)C(=O)N[C@H]1CC[C@H](OC(=O)/C=C/c2ccccc2OCCCC(C)(OCCC(F)(F)C(F)(F)C(F)(F)C(F)(F)F)OCCC(F)(F)C(F)(F)C(F)(F)C(F)(F)F)CC1. The van der Waals surface area contributed by atoms with Crippen molar-refractivity contribution in [2.75, 3.05) is 19.8 Å². The summed E-state index contributed by atoms with van der Waals surface area (Å²) in [4.78, 5) is 25.1. The highest BCUT2D eigenvalue weighted by Gasteiger charge is 2.82. The largest absolute Gasteiger partial charge is 0.493 e. The van der Waals surface area contributed by atoms with Crippen molar-refractivity contribution < 1.29 is 108 Å². The first-order chi connectivity index (χ1) is 28.4. The number of nitrogens with one attached hydrogen (secondary N) is 1. The molecular weight excluding hydrogens is 908 g/mol. The second-order valence-corrected chi connectivity index (χ2v) is 15.5. The van der Waals surface area contributed by atoms with E-state index in [0.29, 0.717) is 39.0 Å². The van der Waals surface area contributed by atoms with Gasteiger partial charge in [0.2, 0.25) is 5.91 Å². The highest BCUT2D eigenvalue weighted by atomic mass is 19.4. The number of benzene rings is 1. The quantitative estimate of drug-likeness (QED) is 0.0387. The van der Waals surface area contributed by atoms with Crippen molar-refractivity contribution in [1.29, 1.82) is 0 Å². The monoisotopic (exact) mass is 953 g/mol. The molecule has 0 heterocycles. The standard InChI is InChI=1S/C38H45F18NO6/c1-5-29(2,3)28(59)57-24-12-14-25(15-13-24)63-27(58)16-11-23-9-6-7-10-26(23)60-20-8-17-30(4,61-21-18-31(39,40)33(43,44)35(47,48)37(51,52)53)62-22-19-32(41,42)34(45,46)36(49,50)38(54,55)56/h6-7,9-11,16,24-25H,5,8,12-15,17-22H2,1-4H3,(H,57,59)/b16-11+/t24-,25-. The highest BCUT2D eigenvalue weighted by molar-refractivity contribution is 5.87. The Hall–Kier alpha value is -3.64. The van der Waals surface area contributed by atoms with Crippen molar-refractivity contribution in [3.8, 4) is 5.75 Å². The van der Waals surface area contributed by atoms with Gasteiger partial charge in [-0.15, -0.1) is 0 Å². The van der Waals surface area contributed by atoms with E-state index in [9.17, 15) is 88.6 Å². The van der Waals surface area contributed by atoms with E-state index in [-0.39, 0.29) is 23.3 Å². The molecular formula is C38H45F18NO6. The minimum Gasteiger partial charge on any atom is -0.493 e. The Morgan fingerprint density at radius 3 is 1.56 bits per heavy atom. The molecule has 1 aromatic rings. The molecule has 0 radical (unpaired) electrons. The number of amides is 1. The minimum absolute atomic E-state index is 0.0243. The molecule has 0 bridgehead atoms. The molecule has 1 saturated carbocycles. The Balaban J connectivity index is 2.14. The molecule has 7 nitrogen and oxygen atoms in total. The molecule has 1 aliphatic carbocycles. The second kappa shape index (κ2) is 20.3. The van der Waals surface area contributed by atoms with Crippen LogP contribution in [0.3, 0.4) is 0 Å². The van der Waals surface area contributed by atoms with Crippen LogP contribution in [0.2, 0.25) is 0 Å². The number of para-hydroxylation sites is 1. The molecule has 1 amide bonds. The molecule has 0 unspecified atom stereocenters. The van der Waals surface area contributed by atoms with E-state index in [4.69, 9.17) is 18.9 Å². The topological polar surface area (TPSA) is 83.1 Å². The van der Waals surface area contributed by atoms with E-state index in [1.807, 2.05) is 20.8 Å². The molecule has 0 aromatic heterocycles. The van der Waals surface area contributed by atoms with Crippen LogP contribution in [0, 0.1) is 5.41 Å². The number of rotatable bonds is 23.